The lowest BCUT2D eigenvalue weighted by Gasteiger charge is -2.06. The Morgan fingerprint density at radius 3 is 2.32 bits per heavy atom. The van der Waals surface area contributed by atoms with Crippen molar-refractivity contribution in [2.45, 2.75) is 4.90 Å². The van der Waals surface area contributed by atoms with Crippen LogP contribution in [0.4, 0.5) is 0 Å². The molecule has 6 nitrogen and oxygen atoms in total. The number of carboxylic acids is 1. The molecule has 0 saturated carbocycles. The van der Waals surface area contributed by atoms with Gasteiger partial charge in [0.05, 0.1) is 36.0 Å². The van der Waals surface area contributed by atoms with Gasteiger partial charge in [0.1, 0.15) is 0 Å². The molecule has 0 saturated heterocycles. The maximum atomic E-state index is 11.9. The van der Waals surface area contributed by atoms with Crippen LogP contribution in [0.15, 0.2) is 29.2 Å². The van der Waals surface area contributed by atoms with E-state index in [1.165, 1.54) is 31.4 Å². The van der Waals surface area contributed by atoms with Crippen molar-refractivity contribution in [3.8, 4) is 0 Å². The van der Waals surface area contributed by atoms with E-state index in [1.54, 1.807) is 0 Å². The molecule has 1 aromatic carbocycles. The van der Waals surface area contributed by atoms with E-state index in [4.69, 9.17) is 14.6 Å². The second kappa shape index (κ2) is 7.22. The highest BCUT2D eigenvalue weighted by Gasteiger charge is 2.14. The van der Waals surface area contributed by atoms with E-state index in [0.29, 0.717) is 13.2 Å². The van der Waals surface area contributed by atoms with E-state index < -0.39 is 15.8 Å². The van der Waals surface area contributed by atoms with Crippen LogP contribution in [-0.2, 0) is 19.3 Å². The quantitative estimate of drug-likeness (QED) is 0.712. The molecule has 0 fully saturated rings. The van der Waals surface area contributed by atoms with Crippen LogP contribution in [-0.4, -0.2) is 52.2 Å². The van der Waals surface area contributed by atoms with Gasteiger partial charge >= 0.3 is 5.97 Å². The Morgan fingerprint density at radius 2 is 1.79 bits per heavy atom. The first kappa shape index (κ1) is 15.6. The SMILES string of the molecule is COCCOCCS(=O)(=O)c1ccc(C(=O)O)cc1. The Kier molecular flexibility index (Phi) is 5.94. The summed E-state index contributed by atoms with van der Waals surface area (Å²) >= 11 is 0. The van der Waals surface area contributed by atoms with Gasteiger partial charge in [0.2, 0.25) is 0 Å². The highest BCUT2D eigenvalue weighted by Crippen LogP contribution is 2.12. The number of hydrogen-bond donors (Lipinski definition) is 1. The van der Waals surface area contributed by atoms with Crippen LogP contribution in [0.1, 0.15) is 10.4 Å². The highest BCUT2D eigenvalue weighted by atomic mass is 32.2. The first-order chi connectivity index (χ1) is 8.97. The molecule has 0 atom stereocenters. The molecule has 1 N–H and O–H groups in total. The number of carbonyl (C=O) groups is 1. The minimum absolute atomic E-state index is 0.0512. The predicted molar refractivity (Wildman–Crippen MR) is 68.1 cm³/mol. The fraction of sp³-hybridized carbons (Fsp3) is 0.417. The summed E-state index contributed by atoms with van der Waals surface area (Å²) in [5.41, 5.74) is 0.0512. The molecule has 19 heavy (non-hydrogen) atoms. The number of hydrogen-bond acceptors (Lipinski definition) is 5. The van der Waals surface area contributed by atoms with Crippen LogP contribution in [0.2, 0.25) is 0 Å². The minimum atomic E-state index is -3.45. The van der Waals surface area contributed by atoms with Crippen LogP contribution in [0.25, 0.3) is 0 Å². The number of ether oxygens (including phenoxy) is 2. The van der Waals surface area contributed by atoms with Gasteiger partial charge in [-0.2, -0.15) is 0 Å². The average molecular weight is 288 g/mol. The molecule has 0 aliphatic heterocycles. The summed E-state index contributed by atoms with van der Waals surface area (Å²) in [5, 5.41) is 8.72. The normalized spacial score (nSPS) is 11.4. The summed E-state index contributed by atoms with van der Waals surface area (Å²) < 4.78 is 33.6. The Labute approximate surface area is 111 Å². The molecule has 1 aromatic rings. The van der Waals surface area contributed by atoms with Gasteiger partial charge in [0, 0.05) is 7.11 Å². The maximum Gasteiger partial charge on any atom is 0.335 e. The van der Waals surface area contributed by atoms with Gasteiger partial charge in [-0.1, -0.05) is 0 Å². The molecule has 0 bridgehead atoms. The van der Waals surface area contributed by atoms with Crippen molar-refractivity contribution in [2.75, 3.05) is 32.7 Å². The highest BCUT2D eigenvalue weighted by molar-refractivity contribution is 7.91. The zero-order valence-electron chi connectivity index (χ0n) is 10.5. The molecule has 7 heteroatoms. The number of rotatable bonds is 8. The zero-order valence-corrected chi connectivity index (χ0v) is 11.4. The number of aromatic carboxylic acids is 1. The van der Waals surface area contributed by atoms with Gasteiger partial charge < -0.3 is 14.6 Å². The summed E-state index contributed by atoms with van der Waals surface area (Å²) in [6, 6.07) is 5.10. The van der Waals surface area contributed by atoms with Crippen LogP contribution in [0.3, 0.4) is 0 Å². The molecule has 0 radical (unpaired) electrons. The third-order valence-electron chi connectivity index (χ3n) is 2.39. The van der Waals surface area contributed by atoms with Gasteiger partial charge in [-0.05, 0) is 24.3 Å². The van der Waals surface area contributed by atoms with E-state index >= 15 is 0 Å². The van der Waals surface area contributed by atoms with Gasteiger partial charge in [-0.25, -0.2) is 13.2 Å². The van der Waals surface area contributed by atoms with Crippen molar-refractivity contribution in [2.24, 2.45) is 0 Å². The molecule has 0 spiro atoms. The van der Waals surface area contributed by atoms with Crippen molar-refractivity contribution in [3.05, 3.63) is 29.8 Å². The molecule has 0 aliphatic rings. The molecular weight excluding hydrogens is 272 g/mol. The number of methoxy groups -OCH3 is 1. The molecule has 0 unspecified atom stereocenters. The fourth-order valence-corrected chi connectivity index (χ4v) is 2.46. The van der Waals surface area contributed by atoms with E-state index in [0.717, 1.165) is 0 Å². The van der Waals surface area contributed by atoms with E-state index in [2.05, 4.69) is 0 Å². The van der Waals surface area contributed by atoms with Crippen molar-refractivity contribution in [1.82, 2.24) is 0 Å². The monoisotopic (exact) mass is 288 g/mol. The molecule has 1 rings (SSSR count). The molecule has 0 heterocycles. The largest absolute Gasteiger partial charge is 0.478 e. The van der Waals surface area contributed by atoms with E-state index in [1.807, 2.05) is 0 Å². The third kappa shape index (κ3) is 4.98. The molecule has 0 aromatic heterocycles. The van der Waals surface area contributed by atoms with Gasteiger partial charge in [0.15, 0.2) is 9.84 Å². The van der Waals surface area contributed by atoms with Crippen LogP contribution in [0.5, 0.6) is 0 Å². The topological polar surface area (TPSA) is 89.9 Å². The zero-order chi connectivity index (χ0) is 14.3. The van der Waals surface area contributed by atoms with Crippen molar-refractivity contribution in [1.29, 1.82) is 0 Å². The lowest BCUT2D eigenvalue weighted by molar-refractivity contribution is 0.0696. The third-order valence-corrected chi connectivity index (χ3v) is 4.08. The van der Waals surface area contributed by atoms with E-state index in [-0.39, 0.29) is 22.8 Å². The fourth-order valence-electron chi connectivity index (χ4n) is 1.34. The Bertz CT molecular complexity index is 506. The summed E-state index contributed by atoms with van der Waals surface area (Å²) in [6.45, 7) is 0.823. The second-order valence-electron chi connectivity index (χ2n) is 3.75. The Balaban J connectivity index is 2.59. The van der Waals surface area contributed by atoms with Crippen LogP contribution in [0, 0.1) is 0 Å². The van der Waals surface area contributed by atoms with Crippen molar-refractivity contribution >= 4 is 15.8 Å². The number of carboxylic acid groups (broad SMARTS) is 1. The van der Waals surface area contributed by atoms with Gasteiger partial charge in [-0.3, -0.25) is 0 Å². The molecular formula is C12H16O6S. The van der Waals surface area contributed by atoms with Gasteiger partial charge in [-0.15, -0.1) is 0 Å². The first-order valence-corrected chi connectivity index (χ1v) is 7.25. The standard InChI is InChI=1S/C12H16O6S/c1-17-6-7-18-8-9-19(15,16)11-4-2-10(3-5-11)12(13)14/h2-5H,6-9H2,1H3,(H,13,14). The Morgan fingerprint density at radius 1 is 1.16 bits per heavy atom. The lowest BCUT2D eigenvalue weighted by Crippen LogP contribution is -2.14. The maximum absolute atomic E-state index is 11.9. The molecule has 0 amide bonds. The molecule has 0 aliphatic carbocycles. The summed E-state index contributed by atoms with van der Waals surface area (Å²) in [4.78, 5) is 10.7. The number of sulfone groups is 1. The average Bonchev–Trinajstić information content (AvgIpc) is 2.38. The molecule has 106 valence electrons. The minimum Gasteiger partial charge on any atom is -0.478 e. The van der Waals surface area contributed by atoms with Crippen molar-refractivity contribution in [3.63, 3.8) is 0 Å². The summed E-state index contributed by atoms with van der Waals surface area (Å²) in [5.74, 6) is -1.24. The van der Waals surface area contributed by atoms with Crippen molar-refractivity contribution < 1.29 is 27.8 Å². The second-order valence-corrected chi connectivity index (χ2v) is 5.86. The van der Waals surface area contributed by atoms with Gasteiger partial charge in [0.25, 0.3) is 0 Å². The summed E-state index contributed by atoms with van der Waals surface area (Å²) in [6.07, 6.45) is 0. The van der Waals surface area contributed by atoms with Crippen LogP contribution >= 0.6 is 0 Å². The number of benzene rings is 1. The van der Waals surface area contributed by atoms with Crippen LogP contribution < -0.4 is 0 Å². The summed E-state index contributed by atoms with van der Waals surface area (Å²) in [7, 11) is -1.92. The smallest absolute Gasteiger partial charge is 0.335 e. The van der Waals surface area contributed by atoms with E-state index in [9.17, 15) is 13.2 Å². The first-order valence-electron chi connectivity index (χ1n) is 5.60. The lowest BCUT2D eigenvalue weighted by atomic mass is 10.2. The predicted octanol–water partition coefficient (Wildman–Crippen LogP) is 0.822. The Hall–Kier alpha value is -1.44.